The van der Waals surface area contributed by atoms with E-state index in [-0.39, 0.29) is 6.04 Å². The second-order valence-corrected chi connectivity index (χ2v) is 5.80. The minimum Gasteiger partial charge on any atom is -0.384 e. The van der Waals surface area contributed by atoms with Crippen LogP contribution in [0.15, 0.2) is 53.1 Å². The molecule has 0 aliphatic carbocycles. The first-order valence-corrected chi connectivity index (χ1v) is 7.44. The minimum absolute atomic E-state index is 0.203. The molecule has 0 saturated carbocycles. The third-order valence-corrected chi connectivity index (χ3v) is 3.99. The summed E-state index contributed by atoms with van der Waals surface area (Å²) in [5, 5.41) is 1.09. The van der Waals surface area contributed by atoms with E-state index in [1.165, 1.54) is 0 Å². The van der Waals surface area contributed by atoms with Gasteiger partial charge in [0, 0.05) is 16.1 Å². The summed E-state index contributed by atoms with van der Waals surface area (Å²) in [4.78, 5) is 8.66. The summed E-state index contributed by atoms with van der Waals surface area (Å²) >= 11 is 3.57. The van der Waals surface area contributed by atoms with Crippen molar-refractivity contribution < 1.29 is 0 Å². The van der Waals surface area contributed by atoms with Crippen molar-refractivity contribution in [2.45, 2.75) is 12.5 Å². The van der Waals surface area contributed by atoms with Crippen LogP contribution in [-0.4, -0.2) is 9.97 Å². The molecule has 5 heteroatoms. The molecule has 3 aromatic rings. The number of nitrogens with zero attached hydrogens (tertiary/aromatic N) is 2. The van der Waals surface area contributed by atoms with Gasteiger partial charge in [-0.05, 0) is 52.2 Å². The fraction of sp³-hybridized carbons (Fsp3) is 0.125. The van der Waals surface area contributed by atoms with E-state index in [1.54, 1.807) is 6.20 Å². The van der Waals surface area contributed by atoms with Crippen LogP contribution in [0, 0.1) is 0 Å². The predicted molar refractivity (Wildman–Crippen MR) is 88.7 cm³/mol. The maximum atomic E-state index is 6.32. The Balaban J connectivity index is 1.93. The molecular weight excluding hydrogens is 328 g/mol. The zero-order chi connectivity index (χ0) is 14.8. The summed E-state index contributed by atoms with van der Waals surface area (Å²) in [6.45, 7) is 0. The van der Waals surface area contributed by atoms with E-state index in [9.17, 15) is 0 Å². The van der Waals surface area contributed by atoms with E-state index in [0.29, 0.717) is 12.2 Å². The fourth-order valence-corrected chi connectivity index (χ4v) is 2.97. The molecular formula is C16H15BrN4. The quantitative estimate of drug-likeness (QED) is 0.765. The first kappa shape index (κ1) is 14.0. The summed E-state index contributed by atoms with van der Waals surface area (Å²) < 4.78 is 0.927. The van der Waals surface area contributed by atoms with E-state index in [4.69, 9.17) is 11.5 Å². The van der Waals surface area contributed by atoms with Gasteiger partial charge in [-0.3, -0.25) is 0 Å². The van der Waals surface area contributed by atoms with Crippen LogP contribution in [0.5, 0.6) is 0 Å². The maximum Gasteiger partial charge on any atom is 0.123 e. The van der Waals surface area contributed by atoms with Gasteiger partial charge in [0.25, 0.3) is 0 Å². The summed E-state index contributed by atoms with van der Waals surface area (Å²) in [7, 11) is 0. The Bertz CT molecular complexity index is 788. The average molecular weight is 343 g/mol. The zero-order valence-corrected chi connectivity index (χ0v) is 12.9. The van der Waals surface area contributed by atoms with Crippen molar-refractivity contribution in [3.8, 4) is 0 Å². The number of benzene rings is 1. The monoisotopic (exact) mass is 342 g/mol. The van der Waals surface area contributed by atoms with Gasteiger partial charge in [-0.25, -0.2) is 9.97 Å². The third-order valence-electron chi connectivity index (χ3n) is 3.36. The fourth-order valence-electron chi connectivity index (χ4n) is 2.34. The van der Waals surface area contributed by atoms with Gasteiger partial charge in [-0.15, -0.1) is 0 Å². The van der Waals surface area contributed by atoms with Gasteiger partial charge in [0.15, 0.2) is 0 Å². The molecule has 0 saturated heterocycles. The van der Waals surface area contributed by atoms with Gasteiger partial charge >= 0.3 is 0 Å². The lowest BCUT2D eigenvalue weighted by Crippen LogP contribution is -2.16. The number of hydrogen-bond donors (Lipinski definition) is 2. The van der Waals surface area contributed by atoms with Gasteiger partial charge in [0.2, 0.25) is 0 Å². The van der Waals surface area contributed by atoms with Gasteiger partial charge in [-0.2, -0.15) is 0 Å². The molecule has 0 fully saturated rings. The summed E-state index contributed by atoms with van der Waals surface area (Å²) in [5.41, 5.74) is 14.9. The summed E-state index contributed by atoms with van der Waals surface area (Å²) in [6.07, 6.45) is 2.36. The predicted octanol–water partition coefficient (Wildman–Crippen LogP) is 3.22. The normalized spacial score (nSPS) is 12.5. The van der Waals surface area contributed by atoms with Crippen molar-refractivity contribution in [3.05, 3.63) is 64.4 Å². The maximum absolute atomic E-state index is 6.32. The van der Waals surface area contributed by atoms with E-state index in [2.05, 4.69) is 32.0 Å². The van der Waals surface area contributed by atoms with Crippen LogP contribution in [0.1, 0.15) is 17.3 Å². The van der Waals surface area contributed by atoms with Crippen LogP contribution < -0.4 is 11.5 Å². The lowest BCUT2D eigenvalue weighted by molar-refractivity contribution is 0.695. The molecule has 0 aliphatic rings. The number of fused-ring (bicyclic) bond motifs is 1. The highest BCUT2D eigenvalue weighted by molar-refractivity contribution is 9.10. The van der Waals surface area contributed by atoms with Crippen molar-refractivity contribution >= 4 is 32.7 Å². The Kier molecular flexibility index (Phi) is 3.86. The van der Waals surface area contributed by atoms with Crippen LogP contribution in [-0.2, 0) is 6.42 Å². The highest BCUT2D eigenvalue weighted by Crippen LogP contribution is 2.26. The lowest BCUT2D eigenvalue weighted by Gasteiger charge is -2.14. The van der Waals surface area contributed by atoms with Gasteiger partial charge < -0.3 is 11.5 Å². The molecule has 4 N–H and O–H groups in total. The highest BCUT2D eigenvalue weighted by Gasteiger charge is 2.14. The molecule has 21 heavy (non-hydrogen) atoms. The van der Waals surface area contributed by atoms with E-state index >= 15 is 0 Å². The Morgan fingerprint density at radius 3 is 2.76 bits per heavy atom. The van der Waals surface area contributed by atoms with Crippen LogP contribution in [0.25, 0.3) is 10.9 Å². The van der Waals surface area contributed by atoms with Crippen molar-refractivity contribution in [1.29, 1.82) is 0 Å². The highest BCUT2D eigenvalue weighted by atomic mass is 79.9. The number of rotatable bonds is 3. The first-order valence-electron chi connectivity index (χ1n) is 6.64. The minimum atomic E-state index is -0.203. The van der Waals surface area contributed by atoms with E-state index < -0.39 is 0 Å². The largest absolute Gasteiger partial charge is 0.384 e. The molecule has 1 unspecified atom stereocenters. The second kappa shape index (κ2) is 5.79. The number of hydrogen-bond acceptors (Lipinski definition) is 4. The number of nitrogen functional groups attached to an aromatic ring is 1. The molecule has 106 valence electrons. The average Bonchev–Trinajstić information content (AvgIpc) is 2.46. The molecule has 3 rings (SSSR count). The third kappa shape index (κ3) is 3.04. The smallest absolute Gasteiger partial charge is 0.123 e. The Hall–Kier alpha value is -1.98. The van der Waals surface area contributed by atoms with Crippen LogP contribution in [0.4, 0.5) is 5.82 Å². The molecule has 1 atom stereocenters. The van der Waals surface area contributed by atoms with E-state index in [1.807, 2.05) is 36.4 Å². The van der Waals surface area contributed by atoms with Crippen molar-refractivity contribution in [2.24, 2.45) is 5.73 Å². The lowest BCUT2D eigenvalue weighted by atomic mass is 10.0. The Morgan fingerprint density at radius 2 is 1.95 bits per heavy atom. The van der Waals surface area contributed by atoms with Gasteiger partial charge in [0.05, 0.1) is 17.3 Å². The molecule has 0 radical (unpaired) electrons. The van der Waals surface area contributed by atoms with Crippen LogP contribution in [0.2, 0.25) is 0 Å². The molecule has 2 aromatic heterocycles. The van der Waals surface area contributed by atoms with Crippen LogP contribution >= 0.6 is 15.9 Å². The van der Waals surface area contributed by atoms with Crippen LogP contribution in [0.3, 0.4) is 0 Å². The topological polar surface area (TPSA) is 77.8 Å². The Labute approximate surface area is 131 Å². The molecule has 4 nitrogen and oxygen atoms in total. The number of pyridine rings is 2. The number of aromatic nitrogens is 2. The Morgan fingerprint density at radius 1 is 1.14 bits per heavy atom. The molecule has 1 aromatic carbocycles. The molecule has 0 bridgehead atoms. The van der Waals surface area contributed by atoms with Gasteiger partial charge in [0.1, 0.15) is 5.82 Å². The molecule has 2 heterocycles. The number of anilines is 1. The standard InChI is InChI=1S/C16H15BrN4/c17-12-9-11-3-1-2-4-14(11)21-16(12)13(18)7-10-5-6-20-15(19)8-10/h1-6,8-9,13H,7,18H2,(H2,19,20). The van der Waals surface area contributed by atoms with Crippen molar-refractivity contribution in [3.63, 3.8) is 0 Å². The first-order chi connectivity index (χ1) is 10.1. The number of para-hydroxylation sites is 1. The number of halogens is 1. The zero-order valence-electron chi connectivity index (χ0n) is 11.3. The van der Waals surface area contributed by atoms with Crippen molar-refractivity contribution in [1.82, 2.24) is 9.97 Å². The summed E-state index contributed by atoms with van der Waals surface area (Å²) in [6, 6.07) is 13.6. The second-order valence-electron chi connectivity index (χ2n) is 4.95. The van der Waals surface area contributed by atoms with Gasteiger partial charge in [-0.1, -0.05) is 18.2 Å². The van der Waals surface area contributed by atoms with Crippen molar-refractivity contribution in [2.75, 3.05) is 5.73 Å². The van der Waals surface area contributed by atoms with E-state index in [0.717, 1.165) is 26.6 Å². The number of nitrogens with two attached hydrogens (primary N) is 2. The SMILES string of the molecule is Nc1cc(CC(N)c2nc3ccccc3cc2Br)ccn1. The summed E-state index contributed by atoms with van der Waals surface area (Å²) in [5.74, 6) is 0.505. The molecule has 0 amide bonds. The molecule has 0 spiro atoms. The molecule has 0 aliphatic heterocycles.